The van der Waals surface area contributed by atoms with Gasteiger partial charge in [-0.1, -0.05) is 12.0 Å². The van der Waals surface area contributed by atoms with E-state index in [0.29, 0.717) is 12.3 Å². The number of carbonyl (C=O) groups excluding carboxylic acids is 1. The standard InChI is InChI=1S/C7H11N3O2/c1-3-5(4(2)11)6-8-7(12)10-9-6/h4-5,11H,3H2,1-2H3/t4-,5?/m0/s1. The molecule has 0 spiro atoms. The molecule has 0 fully saturated rings. The first-order valence-corrected chi connectivity index (χ1v) is 3.87. The maximum atomic E-state index is 10.6. The summed E-state index contributed by atoms with van der Waals surface area (Å²) in [6.07, 6.45) is 0.154. The van der Waals surface area contributed by atoms with Crippen LogP contribution >= 0.6 is 0 Å². The van der Waals surface area contributed by atoms with E-state index in [0.717, 1.165) is 0 Å². The first kappa shape index (κ1) is 8.99. The Balaban J connectivity index is 2.74. The molecule has 1 rings (SSSR count). The smallest absolute Gasteiger partial charge is 0.387 e. The summed E-state index contributed by atoms with van der Waals surface area (Å²) in [5, 5.41) is 16.1. The Kier molecular flexibility index (Phi) is 2.65. The Hall–Kier alpha value is -1.10. The normalized spacial score (nSPS) is 20.9. The average Bonchev–Trinajstić information content (AvgIpc) is 2.37. The number of hydrogen-bond acceptors (Lipinski definition) is 3. The molecule has 0 saturated carbocycles. The average molecular weight is 169 g/mol. The summed E-state index contributed by atoms with van der Waals surface area (Å²) in [4.78, 5) is 14.1. The van der Waals surface area contributed by atoms with Crippen molar-refractivity contribution >= 4 is 11.9 Å². The number of urea groups is 1. The molecular weight excluding hydrogens is 158 g/mol. The lowest BCUT2D eigenvalue weighted by Crippen LogP contribution is -2.23. The third-order valence-electron chi connectivity index (χ3n) is 1.80. The molecule has 0 aromatic heterocycles. The Morgan fingerprint density at radius 1 is 1.50 bits per heavy atom. The van der Waals surface area contributed by atoms with E-state index < -0.39 is 12.1 Å². The molecule has 0 aromatic carbocycles. The van der Waals surface area contributed by atoms with E-state index in [2.05, 4.69) is 15.2 Å². The van der Waals surface area contributed by atoms with Crippen LogP contribution in [0.5, 0.6) is 0 Å². The van der Waals surface area contributed by atoms with Crippen LogP contribution in [0.3, 0.4) is 0 Å². The molecule has 2 atom stereocenters. The van der Waals surface area contributed by atoms with Crippen molar-refractivity contribution in [2.75, 3.05) is 0 Å². The molecule has 0 bridgehead atoms. The summed E-state index contributed by atoms with van der Waals surface area (Å²) in [5.74, 6) is 0.165. The van der Waals surface area contributed by atoms with Crippen molar-refractivity contribution < 1.29 is 9.90 Å². The van der Waals surface area contributed by atoms with E-state index in [-0.39, 0.29) is 5.92 Å². The molecule has 1 N–H and O–H groups in total. The maximum absolute atomic E-state index is 10.6. The van der Waals surface area contributed by atoms with Gasteiger partial charge in [-0.2, -0.15) is 4.99 Å². The summed E-state index contributed by atoms with van der Waals surface area (Å²) >= 11 is 0. The second-order valence-electron chi connectivity index (χ2n) is 2.71. The number of amidine groups is 1. The molecule has 1 unspecified atom stereocenters. The number of rotatable bonds is 3. The fraction of sp³-hybridized carbons (Fsp3) is 0.714. The quantitative estimate of drug-likeness (QED) is 0.692. The van der Waals surface area contributed by atoms with Crippen LogP contribution in [0.15, 0.2) is 15.2 Å². The number of aliphatic imine (C=N–C) groups is 1. The molecule has 5 heteroatoms. The topological polar surface area (TPSA) is 74.4 Å². The molecule has 1 aliphatic heterocycles. The highest BCUT2D eigenvalue weighted by Gasteiger charge is 2.23. The maximum Gasteiger partial charge on any atom is 0.387 e. The lowest BCUT2D eigenvalue weighted by atomic mass is 10.00. The molecule has 0 saturated heterocycles. The van der Waals surface area contributed by atoms with Crippen LogP contribution in [0.2, 0.25) is 0 Å². The molecule has 0 aliphatic carbocycles. The Labute approximate surface area is 70.2 Å². The van der Waals surface area contributed by atoms with Gasteiger partial charge in [-0.05, 0) is 13.3 Å². The van der Waals surface area contributed by atoms with Crippen LogP contribution in [0.25, 0.3) is 0 Å². The van der Waals surface area contributed by atoms with Crippen LogP contribution in [0, 0.1) is 5.92 Å². The van der Waals surface area contributed by atoms with Crippen molar-refractivity contribution in [2.45, 2.75) is 26.4 Å². The fourth-order valence-electron chi connectivity index (χ4n) is 1.13. The highest BCUT2D eigenvalue weighted by Crippen LogP contribution is 2.15. The van der Waals surface area contributed by atoms with E-state index in [1.54, 1.807) is 6.92 Å². The third kappa shape index (κ3) is 1.73. The number of amides is 2. The Morgan fingerprint density at radius 2 is 2.17 bits per heavy atom. The van der Waals surface area contributed by atoms with Gasteiger partial charge in [-0.25, -0.2) is 4.79 Å². The Bertz CT molecular complexity index is 245. The van der Waals surface area contributed by atoms with Crippen molar-refractivity contribution in [1.82, 2.24) is 0 Å². The largest absolute Gasteiger partial charge is 0.393 e. The van der Waals surface area contributed by atoms with Crippen LogP contribution in [0.1, 0.15) is 20.3 Å². The van der Waals surface area contributed by atoms with Crippen LogP contribution in [-0.4, -0.2) is 23.1 Å². The lowest BCUT2D eigenvalue weighted by Gasteiger charge is -2.13. The van der Waals surface area contributed by atoms with Gasteiger partial charge in [0.05, 0.1) is 6.10 Å². The summed E-state index contributed by atoms with van der Waals surface area (Å²) in [7, 11) is 0. The Morgan fingerprint density at radius 3 is 2.50 bits per heavy atom. The van der Waals surface area contributed by atoms with Crippen LogP contribution in [0.4, 0.5) is 4.79 Å². The molecule has 66 valence electrons. The number of aliphatic hydroxyl groups excluding tert-OH is 1. The van der Waals surface area contributed by atoms with Gasteiger partial charge < -0.3 is 5.11 Å². The predicted molar refractivity (Wildman–Crippen MR) is 43.1 cm³/mol. The molecule has 1 heterocycles. The first-order valence-electron chi connectivity index (χ1n) is 3.87. The number of nitrogens with zero attached hydrogens (tertiary/aromatic N) is 3. The van der Waals surface area contributed by atoms with Gasteiger partial charge in [-0.3, -0.25) is 0 Å². The van der Waals surface area contributed by atoms with E-state index in [4.69, 9.17) is 0 Å². The van der Waals surface area contributed by atoms with Crippen molar-refractivity contribution in [3.63, 3.8) is 0 Å². The molecule has 12 heavy (non-hydrogen) atoms. The number of azo groups is 1. The van der Waals surface area contributed by atoms with Gasteiger partial charge in [0.15, 0.2) is 5.84 Å². The van der Waals surface area contributed by atoms with Crippen molar-refractivity contribution in [3.05, 3.63) is 0 Å². The summed E-state index contributed by atoms with van der Waals surface area (Å²) in [5.41, 5.74) is 0. The SMILES string of the molecule is CCC(C1=NC(=O)N=N1)[C@H](C)O. The minimum absolute atomic E-state index is 0.180. The summed E-state index contributed by atoms with van der Waals surface area (Å²) in [6.45, 7) is 3.55. The zero-order valence-corrected chi connectivity index (χ0v) is 7.06. The summed E-state index contributed by atoms with van der Waals surface area (Å²) < 4.78 is 0. The third-order valence-corrected chi connectivity index (χ3v) is 1.80. The van der Waals surface area contributed by atoms with Gasteiger partial charge in [0.1, 0.15) is 0 Å². The fourth-order valence-corrected chi connectivity index (χ4v) is 1.13. The molecular formula is C7H11N3O2. The zero-order valence-electron chi connectivity index (χ0n) is 7.06. The van der Waals surface area contributed by atoms with E-state index in [9.17, 15) is 9.90 Å². The summed E-state index contributed by atoms with van der Waals surface area (Å²) in [6, 6.07) is -0.580. The first-order chi connectivity index (χ1) is 5.65. The molecule has 1 aliphatic rings. The van der Waals surface area contributed by atoms with Gasteiger partial charge >= 0.3 is 6.03 Å². The van der Waals surface area contributed by atoms with E-state index in [1.807, 2.05) is 6.92 Å². The van der Waals surface area contributed by atoms with Crippen LogP contribution < -0.4 is 0 Å². The highest BCUT2D eigenvalue weighted by atomic mass is 16.3. The van der Waals surface area contributed by atoms with Crippen molar-refractivity contribution in [1.29, 1.82) is 0 Å². The minimum Gasteiger partial charge on any atom is -0.393 e. The minimum atomic E-state index is -0.580. The van der Waals surface area contributed by atoms with Crippen molar-refractivity contribution in [2.24, 2.45) is 21.1 Å². The highest BCUT2D eigenvalue weighted by molar-refractivity contribution is 5.99. The lowest BCUT2D eigenvalue weighted by molar-refractivity contribution is 0.155. The number of aliphatic hydroxyl groups is 1. The second-order valence-corrected chi connectivity index (χ2v) is 2.71. The molecule has 2 amide bonds. The molecule has 0 radical (unpaired) electrons. The monoisotopic (exact) mass is 169 g/mol. The molecule has 0 aromatic rings. The van der Waals surface area contributed by atoms with Gasteiger partial charge in [-0.15, -0.1) is 5.11 Å². The zero-order chi connectivity index (χ0) is 9.14. The number of carbonyl (C=O) groups is 1. The van der Waals surface area contributed by atoms with Crippen LogP contribution in [-0.2, 0) is 0 Å². The van der Waals surface area contributed by atoms with Gasteiger partial charge in [0, 0.05) is 5.92 Å². The molecule has 5 nitrogen and oxygen atoms in total. The van der Waals surface area contributed by atoms with E-state index >= 15 is 0 Å². The van der Waals surface area contributed by atoms with Gasteiger partial charge in [0.2, 0.25) is 0 Å². The second kappa shape index (κ2) is 3.53. The van der Waals surface area contributed by atoms with Crippen molar-refractivity contribution in [3.8, 4) is 0 Å². The predicted octanol–water partition coefficient (Wildman–Crippen LogP) is 1.38. The van der Waals surface area contributed by atoms with Gasteiger partial charge in [0.25, 0.3) is 0 Å². The number of hydrogen-bond donors (Lipinski definition) is 1. The van der Waals surface area contributed by atoms with E-state index in [1.165, 1.54) is 0 Å².